The van der Waals surface area contributed by atoms with Gasteiger partial charge in [-0.2, -0.15) is 0 Å². The van der Waals surface area contributed by atoms with Crippen molar-refractivity contribution in [3.8, 4) is 0 Å². The van der Waals surface area contributed by atoms with Crippen molar-refractivity contribution < 1.29 is 19.4 Å². The third-order valence-corrected chi connectivity index (χ3v) is 6.80. The van der Waals surface area contributed by atoms with Gasteiger partial charge in [0, 0.05) is 6.42 Å². The number of carbonyl (C=O) groups excluding carboxylic acids is 1. The second-order valence-electron chi connectivity index (χ2n) is 11.2. The number of hydrogen-bond acceptors (Lipinski definition) is 4. The zero-order valence-electron chi connectivity index (χ0n) is 29.7. The monoisotopic (exact) mass is 646 g/mol. The zero-order chi connectivity index (χ0) is 34.1. The molecule has 0 aliphatic carbocycles. The molecule has 0 bridgehead atoms. The summed E-state index contributed by atoms with van der Waals surface area (Å²) in [7, 11) is 0. The minimum absolute atomic E-state index is 0.219. The molecule has 0 saturated carbocycles. The van der Waals surface area contributed by atoms with Crippen molar-refractivity contribution in [2.45, 2.75) is 123 Å². The molecule has 0 radical (unpaired) electrons. The number of aliphatic hydroxyl groups is 1. The van der Waals surface area contributed by atoms with Crippen LogP contribution in [-0.4, -0.2) is 37.0 Å². The van der Waals surface area contributed by atoms with Gasteiger partial charge >= 0.3 is 5.97 Å². The van der Waals surface area contributed by atoms with E-state index in [0.29, 0.717) is 13.0 Å². The summed E-state index contributed by atoms with van der Waals surface area (Å²) >= 11 is 0. The first-order valence-corrected chi connectivity index (χ1v) is 18.1. The maximum atomic E-state index is 12.1. The Balaban J connectivity index is 3.71. The van der Waals surface area contributed by atoms with Gasteiger partial charge in [0.25, 0.3) is 0 Å². The van der Waals surface area contributed by atoms with Crippen LogP contribution in [0.25, 0.3) is 0 Å². The molecule has 0 aromatic rings. The predicted molar refractivity (Wildman–Crippen MR) is 204 cm³/mol. The molecular weight excluding hydrogens is 580 g/mol. The first kappa shape index (κ1) is 43.8. The van der Waals surface area contributed by atoms with E-state index in [9.17, 15) is 9.90 Å². The number of unbranched alkanes of at least 4 members (excludes halogenated alkanes) is 3. The van der Waals surface area contributed by atoms with Crippen LogP contribution in [0.4, 0.5) is 0 Å². The van der Waals surface area contributed by atoms with Crippen LogP contribution in [0.1, 0.15) is 117 Å². The largest absolute Gasteiger partial charge is 0.457 e. The fraction of sp³-hybridized carbons (Fsp3) is 0.512. The molecule has 262 valence electrons. The van der Waals surface area contributed by atoms with Gasteiger partial charge in [0.1, 0.15) is 6.10 Å². The highest BCUT2D eigenvalue weighted by molar-refractivity contribution is 5.69. The highest BCUT2D eigenvalue weighted by Gasteiger charge is 2.13. The van der Waals surface area contributed by atoms with E-state index in [0.717, 1.165) is 96.3 Å². The molecular formula is C43H66O4. The predicted octanol–water partition coefficient (Wildman–Crippen LogP) is 11.8. The molecule has 1 unspecified atom stereocenters. The minimum atomic E-state index is -0.600. The van der Waals surface area contributed by atoms with Crippen LogP contribution in [0.15, 0.2) is 122 Å². The van der Waals surface area contributed by atoms with Crippen molar-refractivity contribution in [3.63, 3.8) is 0 Å². The molecule has 0 aliphatic rings. The Kier molecular flexibility index (Phi) is 36.3. The minimum Gasteiger partial charge on any atom is -0.457 e. The number of carbonyl (C=O) groups is 1. The van der Waals surface area contributed by atoms with E-state index in [1.54, 1.807) is 0 Å². The molecule has 0 aromatic carbocycles. The fourth-order valence-electron chi connectivity index (χ4n) is 4.18. The Morgan fingerprint density at radius 1 is 0.511 bits per heavy atom. The summed E-state index contributed by atoms with van der Waals surface area (Å²) in [6.07, 6.45) is 58.3. The average Bonchev–Trinajstić information content (AvgIpc) is 3.08. The fourth-order valence-corrected chi connectivity index (χ4v) is 4.18. The van der Waals surface area contributed by atoms with Gasteiger partial charge in [-0.3, -0.25) is 4.79 Å². The van der Waals surface area contributed by atoms with Crippen LogP contribution < -0.4 is 0 Å². The van der Waals surface area contributed by atoms with E-state index in [-0.39, 0.29) is 19.2 Å². The van der Waals surface area contributed by atoms with E-state index in [4.69, 9.17) is 9.47 Å². The molecule has 4 heteroatoms. The lowest BCUT2D eigenvalue weighted by Crippen LogP contribution is -2.27. The lowest BCUT2D eigenvalue weighted by molar-refractivity contribution is -0.154. The summed E-state index contributed by atoms with van der Waals surface area (Å²) in [5.74, 6) is -0.264. The average molecular weight is 647 g/mol. The Hall–Kier alpha value is -3.21. The lowest BCUT2D eigenvalue weighted by atomic mass is 10.1. The standard InChI is InChI=1S/C43H66O4/c1-3-5-7-9-11-13-15-17-19-21-22-23-24-26-28-30-32-34-36-38-43(45)47-42(40-44)41-46-39-37-35-33-31-29-27-25-20-18-16-14-12-10-8-6-4-2/h5-8,11-14,17-20,22-23,26-29,33,35,42,44H,3-4,9-10,15-16,21,24-25,30-32,34,36-41H2,1-2H3/b7-5-,8-6-,13-11-,14-12-,19-17-,20-18-,23-22-,28-26-,29-27-,35-33-. The highest BCUT2D eigenvalue weighted by Crippen LogP contribution is 2.07. The highest BCUT2D eigenvalue weighted by atomic mass is 16.6. The van der Waals surface area contributed by atoms with E-state index >= 15 is 0 Å². The second-order valence-corrected chi connectivity index (χ2v) is 11.2. The molecule has 0 rings (SSSR count). The van der Waals surface area contributed by atoms with E-state index in [1.807, 2.05) is 0 Å². The third-order valence-electron chi connectivity index (χ3n) is 6.80. The van der Waals surface area contributed by atoms with Gasteiger partial charge in [-0.05, 0) is 89.9 Å². The first-order valence-electron chi connectivity index (χ1n) is 18.1. The van der Waals surface area contributed by atoms with Crippen LogP contribution >= 0.6 is 0 Å². The molecule has 4 nitrogen and oxygen atoms in total. The van der Waals surface area contributed by atoms with Gasteiger partial charge in [0.05, 0.1) is 19.8 Å². The number of rotatable bonds is 31. The summed E-state index contributed by atoms with van der Waals surface area (Å²) < 4.78 is 11.0. The van der Waals surface area contributed by atoms with Crippen LogP contribution in [0.2, 0.25) is 0 Å². The van der Waals surface area contributed by atoms with Gasteiger partial charge in [-0.1, -0.05) is 142 Å². The Bertz CT molecular complexity index is 987. The molecule has 0 heterocycles. The second kappa shape index (κ2) is 39.0. The summed E-state index contributed by atoms with van der Waals surface area (Å²) in [5, 5.41) is 9.54. The topological polar surface area (TPSA) is 55.8 Å². The molecule has 0 spiro atoms. The van der Waals surface area contributed by atoms with E-state index < -0.39 is 6.10 Å². The molecule has 0 amide bonds. The van der Waals surface area contributed by atoms with Crippen molar-refractivity contribution in [1.29, 1.82) is 0 Å². The third kappa shape index (κ3) is 37.1. The Morgan fingerprint density at radius 3 is 1.30 bits per heavy atom. The summed E-state index contributed by atoms with van der Waals surface area (Å²) in [6.45, 7) is 4.83. The van der Waals surface area contributed by atoms with Crippen LogP contribution in [0.3, 0.4) is 0 Å². The summed E-state index contributed by atoms with van der Waals surface area (Å²) in [5.41, 5.74) is 0. The quantitative estimate of drug-likeness (QED) is 0.0462. The van der Waals surface area contributed by atoms with Crippen molar-refractivity contribution >= 4 is 5.97 Å². The van der Waals surface area contributed by atoms with Gasteiger partial charge < -0.3 is 14.6 Å². The van der Waals surface area contributed by atoms with E-state index in [2.05, 4.69) is 135 Å². The van der Waals surface area contributed by atoms with Crippen molar-refractivity contribution in [1.82, 2.24) is 0 Å². The Labute approximate surface area is 288 Å². The van der Waals surface area contributed by atoms with Gasteiger partial charge in [0.2, 0.25) is 0 Å². The molecule has 0 aromatic heterocycles. The Morgan fingerprint density at radius 2 is 0.894 bits per heavy atom. The SMILES string of the molecule is CC/C=C\C/C=C\C/C=C\C/C=C\C/C=C\CCCCCC(=O)OC(CO)COCC/C=C\C/C=C\C/C=C\C/C=C\C/C=C\CC. The lowest BCUT2D eigenvalue weighted by Gasteiger charge is -2.15. The van der Waals surface area contributed by atoms with Crippen LogP contribution in [-0.2, 0) is 14.3 Å². The smallest absolute Gasteiger partial charge is 0.306 e. The van der Waals surface area contributed by atoms with Gasteiger partial charge in [0.15, 0.2) is 0 Å². The number of ether oxygens (including phenoxy) is 2. The maximum absolute atomic E-state index is 12.1. The molecule has 1 atom stereocenters. The number of aliphatic hydroxyl groups excluding tert-OH is 1. The summed E-state index contributed by atoms with van der Waals surface area (Å²) in [6, 6.07) is 0. The first-order chi connectivity index (χ1) is 23.2. The molecule has 47 heavy (non-hydrogen) atoms. The number of allylic oxidation sites excluding steroid dienone is 19. The number of esters is 1. The molecule has 0 saturated heterocycles. The molecule has 1 N–H and O–H groups in total. The molecule has 0 fully saturated rings. The zero-order valence-corrected chi connectivity index (χ0v) is 29.7. The van der Waals surface area contributed by atoms with Crippen LogP contribution in [0, 0.1) is 0 Å². The van der Waals surface area contributed by atoms with Crippen molar-refractivity contribution in [2.24, 2.45) is 0 Å². The van der Waals surface area contributed by atoms with Crippen molar-refractivity contribution in [2.75, 3.05) is 19.8 Å². The van der Waals surface area contributed by atoms with Crippen LogP contribution in [0.5, 0.6) is 0 Å². The summed E-state index contributed by atoms with van der Waals surface area (Å²) in [4.78, 5) is 12.1. The molecule has 0 aliphatic heterocycles. The van der Waals surface area contributed by atoms with Gasteiger partial charge in [-0.15, -0.1) is 0 Å². The normalized spacial score (nSPS) is 13.9. The maximum Gasteiger partial charge on any atom is 0.306 e. The van der Waals surface area contributed by atoms with Gasteiger partial charge in [-0.25, -0.2) is 0 Å². The van der Waals surface area contributed by atoms with E-state index in [1.165, 1.54) is 0 Å². The van der Waals surface area contributed by atoms with Crippen molar-refractivity contribution in [3.05, 3.63) is 122 Å². The number of hydrogen-bond donors (Lipinski definition) is 1.